The van der Waals surface area contributed by atoms with Crippen LogP contribution >= 0.6 is 11.3 Å². The van der Waals surface area contributed by atoms with Crippen molar-refractivity contribution < 1.29 is 17.5 Å². The first kappa shape index (κ1) is 15.6. The number of nitrogens with zero attached hydrogens (tertiary/aromatic N) is 1. The van der Waals surface area contributed by atoms with Gasteiger partial charge in [0.15, 0.2) is 5.71 Å². The average molecular weight is 338 g/mol. The van der Waals surface area contributed by atoms with Crippen molar-refractivity contribution in [1.82, 2.24) is 0 Å². The second-order valence-electron chi connectivity index (χ2n) is 6.29. The van der Waals surface area contributed by atoms with Crippen LogP contribution in [0, 0.1) is 0 Å². The molecule has 0 spiro atoms. The fraction of sp³-hybridized carbons (Fsp3) is 0.438. The summed E-state index contributed by atoms with van der Waals surface area (Å²) in [6.45, 7) is 7.12. The van der Waals surface area contributed by atoms with Crippen LogP contribution in [0.25, 0.3) is 10.1 Å². The number of hydrogen-bond donors (Lipinski definition) is 1. The molecule has 0 fully saturated rings. The van der Waals surface area contributed by atoms with Crippen molar-refractivity contribution in [2.75, 3.05) is 12.3 Å². The van der Waals surface area contributed by atoms with Gasteiger partial charge in [0.2, 0.25) is 5.69 Å². The molecule has 0 unspecified atom stereocenters. The molecule has 1 aliphatic heterocycles. The topological polar surface area (TPSA) is 57.4 Å². The quantitative estimate of drug-likeness (QED) is 0.685. The molecule has 0 saturated carbocycles. The van der Waals surface area contributed by atoms with Gasteiger partial charge in [0, 0.05) is 35.1 Å². The lowest BCUT2D eigenvalue weighted by molar-refractivity contribution is -0.438. The molecule has 0 amide bonds. The summed E-state index contributed by atoms with van der Waals surface area (Å²) >= 11 is 1.74. The Bertz CT molecular complexity index is 876. The molecule has 22 heavy (non-hydrogen) atoms. The third-order valence-corrected chi connectivity index (χ3v) is 6.31. The first-order valence-electron chi connectivity index (χ1n) is 7.29. The highest BCUT2D eigenvalue weighted by atomic mass is 32.2. The van der Waals surface area contributed by atoms with Crippen LogP contribution in [-0.4, -0.2) is 35.6 Å². The van der Waals surface area contributed by atoms with E-state index in [1.807, 2.05) is 0 Å². The summed E-state index contributed by atoms with van der Waals surface area (Å²) in [7, 11) is -3.90. The third-order valence-electron chi connectivity index (χ3n) is 4.62. The highest BCUT2D eigenvalue weighted by Gasteiger charge is 2.44. The van der Waals surface area contributed by atoms with E-state index in [0.29, 0.717) is 13.0 Å². The Morgan fingerprint density at radius 3 is 2.68 bits per heavy atom. The van der Waals surface area contributed by atoms with Gasteiger partial charge in [-0.05, 0) is 31.4 Å². The van der Waals surface area contributed by atoms with Gasteiger partial charge in [0.1, 0.15) is 6.54 Å². The molecule has 1 aromatic heterocycles. The van der Waals surface area contributed by atoms with Crippen molar-refractivity contribution in [3.63, 3.8) is 0 Å². The third kappa shape index (κ3) is 2.49. The standard InChI is InChI=1S/C16H19NO3S2/c1-11-16(2,3)15-12-7-9-21-14(12)6-5-13(15)17(11)8-4-10-22(18,19)20/h5-7,9H,4,8,10H2,1-3H3/p+1. The number of rotatable bonds is 4. The largest absolute Gasteiger partial charge is 0.286 e. The van der Waals surface area contributed by atoms with Crippen molar-refractivity contribution in [2.45, 2.75) is 32.6 Å². The van der Waals surface area contributed by atoms with Crippen molar-refractivity contribution >= 4 is 42.9 Å². The second-order valence-corrected chi connectivity index (χ2v) is 8.81. The SMILES string of the molecule is CC1=[N+](CCCS(=O)(=O)O)c2ccc3sccc3c2C1(C)C. The average Bonchev–Trinajstić information content (AvgIpc) is 2.94. The van der Waals surface area contributed by atoms with Crippen LogP contribution in [0.15, 0.2) is 23.6 Å². The van der Waals surface area contributed by atoms with Crippen LogP contribution < -0.4 is 0 Å². The molecule has 0 aliphatic carbocycles. The Hall–Kier alpha value is -1.24. The van der Waals surface area contributed by atoms with E-state index in [2.05, 4.69) is 48.9 Å². The van der Waals surface area contributed by atoms with Gasteiger partial charge in [-0.25, -0.2) is 0 Å². The highest BCUT2D eigenvalue weighted by Crippen LogP contribution is 2.44. The van der Waals surface area contributed by atoms with Gasteiger partial charge in [-0.3, -0.25) is 4.55 Å². The van der Waals surface area contributed by atoms with E-state index in [4.69, 9.17) is 4.55 Å². The summed E-state index contributed by atoms with van der Waals surface area (Å²) in [5.41, 5.74) is 3.62. The van der Waals surface area contributed by atoms with Gasteiger partial charge < -0.3 is 0 Å². The first-order valence-corrected chi connectivity index (χ1v) is 9.78. The summed E-state index contributed by atoms with van der Waals surface area (Å²) < 4.78 is 34.2. The highest BCUT2D eigenvalue weighted by molar-refractivity contribution is 7.85. The minimum atomic E-state index is -3.90. The van der Waals surface area contributed by atoms with Crippen LogP contribution in [-0.2, 0) is 15.5 Å². The van der Waals surface area contributed by atoms with Crippen LogP contribution in [0.5, 0.6) is 0 Å². The van der Waals surface area contributed by atoms with Gasteiger partial charge in [-0.2, -0.15) is 13.0 Å². The van der Waals surface area contributed by atoms with E-state index >= 15 is 0 Å². The summed E-state index contributed by atoms with van der Waals surface area (Å²) in [6, 6.07) is 6.42. The molecule has 1 aromatic carbocycles. The molecule has 118 valence electrons. The van der Waals surface area contributed by atoms with E-state index in [1.54, 1.807) is 11.3 Å². The number of hydrogen-bond acceptors (Lipinski definition) is 3. The zero-order valence-corrected chi connectivity index (χ0v) is 14.6. The molecule has 3 rings (SSSR count). The lowest BCUT2D eigenvalue weighted by Crippen LogP contribution is -2.27. The van der Waals surface area contributed by atoms with E-state index in [0.717, 1.165) is 5.69 Å². The summed E-state index contributed by atoms with van der Waals surface area (Å²) in [4.78, 5) is 0. The van der Waals surface area contributed by atoms with Gasteiger partial charge in [-0.15, -0.1) is 11.3 Å². The first-order chi connectivity index (χ1) is 10.2. The van der Waals surface area contributed by atoms with Crippen molar-refractivity contribution in [3.05, 3.63) is 29.1 Å². The lowest BCUT2D eigenvalue weighted by Gasteiger charge is -2.15. The van der Waals surface area contributed by atoms with Crippen LogP contribution in [0.1, 0.15) is 32.8 Å². The van der Waals surface area contributed by atoms with Crippen LogP contribution in [0.2, 0.25) is 0 Å². The molecule has 0 bridgehead atoms. The smallest absolute Gasteiger partial charge is 0.265 e. The summed E-state index contributed by atoms with van der Waals surface area (Å²) in [6.07, 6.45) is 0.410. The number of fused-ring (bicyclic) bond motifs is 3. The van der Waals surface area contributed by atoms with Gasteiger partial charge in [-0.1, -0.05) is 0 Å². The number of thiophene rings is 1. The van der Waals surface area contributed by atoms with E-state index in [-0.39, 0.29) is 11.2 Å². The Balaban J connectivity index is 2.03. The molecule has 1 N–H and O–H groups in total. The molecule has 2 aromatic rings. The molecular weight excluding hydrogens is 318 g/mol. The maximum Gasteiger partial charge on any atom is 0.265 e. The maximum atomic E-state index is 10.9. The fourth-order valence-electron chi connectivity index (χ4n) is 3.31. The van der Waals surface area contributed by atoms with Gasteiger partial charge in [0.05, 0.1) is 11.2 Å². The maximum absolute atomic E-state index is 10.9. The Labute approximate surface area is 134 Å². The lowest BCUT2D eigenvalue weighted by atomic mass is 9.81. The van der Waals surface area contributed by atoms with Crippen LogP contribution in [0.4, 0.5) is 5.69 Å². The van der Waals surface area contributed by atoms with Crippen LogP contribution in [0.3, 0.4) is 0 Å². The summed E-state index contributed by atoms with van der Waals surface area (Å²) in [5.74, 6) is -0.201. The van der Waals surface area contributed by atoms with E-state index in [1.165, 1.54) is 21.4 Å². The predicted molar refractivity (Wildman–Crippen MR) is 91.4 cm³/mol. The zero-order valence-electron chi connectivity index (χ0n) is 13.0. The minimum absolute atomic E-state index is 0.0754. The molecule has 1 aliphatic rings. The number of benzene rings is 1. The molecule has 0 atom stereocenters. The van der Waals surface area contributed by atoms with Crippen molar-refractivity contribution in [2.24, 2.45) is 0 Å². The second kappa shape index (κ2) is 5.15. The molecule has 2 heterocycles. The van der Waals surface area contributed by atoms with Gasteiger partial charge >= 0.3 is 0 Å². The molecule has 0 saturated heterocycles. The molecule has 4 nitrogen and oxygen atoms in total. The van der Waals surface area contributed by atoms with Crippen molar-refractivity contribution in [1.29, 1.82) is 0 Å². The predicted octanol–water partition coefficient (Wildman–Crippen LogP) is 3.58. The van der Waals surface area contributed by atoms with Gasteiger partial charge in [0.25, 0.3) is 10.1 Å². The minimum Gasteiger partial charge on any atom is -0.286 e. The monoisotopic (exact) mass is 338 g/mol. The van der Waals surface area contributed by atoms with E-state index < -0.39 is 10.1 Å². The molecule has 6 heteroatoms. The zero-order chi connectivity index (χ0) is 16.1. The Kier molecular flexibility index (Phi) is 3.66. The van der Waals surface area contributed by atoms with Crippen molar-refractivity contribution in [3.8, 4) is 0 Å². The summed E-state index contributed by atoms with van der Waals surface area (Å²) in [5, 5.41) is 3.39. The Morgan fingerprint density at radius 2 is 2.00 bits per heavy atom. The normalized spacial score (nSPS) is 17.3. The fourth-order valence-corrected chi connectivity index (χ4v) is 4.59. The Morgan fingerprint density at radius 1 is 1.27 bits per heavy atom. The molecular formula is C16H20NO3S2+. The van der Waals surface area contributed by atoms with E-state index in [9.17, 15) is 8.42 Å². The molecule has 0 radical (unpaired) electrons.